The van der Waals surface area contributed by atoms with E-state index in [1.165, 1.54) is 0 Å². The molecule has 11 heavy (non-hydrogen) atoms. The van der Waals surface area contributed by atoms with Crippen LogP contribution in [-0.2, 0) is 4.74 Å². The van der Waals surface area contributed by atoms with Gasteiger partial charge < -0.3 is 9.64 Å². The maximum Gasteiger partial charge on any atom is 0.409 e. The number of hydrogen-bond acceptors (Lipinski definition) is 2. The minimum absolute atomic E-state index is 0.0381. The molecule has 0 aromatic rings. The van der Waals surface area contributed by atoms with Crippen molar-refractivity contribution in [2.75, 3.05) is 19.5 Å². The zero-order valence-electron chi connectivity index (χ0n) is 6.55. The minimum atomic E-state index is -0.230. The van der Waals surface area contributed by atoms with Crippen molar-refractivity contribution in [1.82, 2.24) is 4.90 Å². The van der Waals surface area contributed by atoms with Crippen molar-refractivity contribution < 1.29 is 9.53 Å². The standard InChI is InChI=1S/C7H12ClNO2/c1-9-5-3-6(2-4-8)11-7(9)10/h6H,2-5H2,1H3. The summed E-state index contributed by atoms with van der Waals surface area (Å²) in [6.45, 7) is 0.778. The van der Waals surface area contributed by atoms with Crippen LogP contribution in [0.3, 0.4) is 0 Å². The highest BCUT2D eigenvalue weighted by molar-refractivity contribution is 6.17. The Bertz CT molecular complexity index is 151. The van der Waals surface area contributed by atoms with E-state index in [1.54, 1.807) is 11.9 Å². The molecule has 0 radical (unpaired) electrons. The lowest BCUT2D eigenvalue weighted by atomic mass is 10.2. The molecule has 1 unspecified atom stereocenters. The first kappa shape index (κ1) is 8.65. The summed E-state index contributed by atoms with van der Waals surface area (Å²) in [5, 5.41) is 0. The number of alkyl halides is 1. The molecular weight excluding hydrogens is 166 g/mol. The van der Waals surface area contributed by atoms with Crippen LogP contribution in [0.15, 0.2) is 0 Å². The molecule has 1 atom stereocenters. The Morgan fingerprint density at radius 3 is 3.09 bits per heavy atom. The number of ether oxygens (including phenoxy) is 1. The summed E-state index contributed by atoms with van der Waals surface area (Å²) in [4.78, 5) is 12.5. The largest absolute Gasteiger partial charge is 0.446 e. The van der Waals surface area contributed by atoms with Crippen LogP contribution in [0.5, 0.6) is 0 Å². The van der Waals surface area contributed by atoms with E-state index in [0.717, 1.165) is 19.4 Å². The average molecular weight is 178 g/mol. The van der Waals surface area contributed by atoms with Gasteiger partial charge in [-0.05, 0) is 6.42 Å². The van der Waals surface area contributed by atoms with Crippen LogP contribution < -0.4 is 0 Å². The molecule has 1 amide bonds. The van der Waals surface area contributed by atoms with Gasteiger partial charge in [0.15, 0.2) is 0 Å². The summed E-state index contributed by atoms with van der Waals surface area (Å²) in [7, 11) is 1.74. The minimum Gasteiger partial charge on any atom is -0.446 e. The molecule has 4 heteroatoms. The van der Waals surface area contributed by atoms with Crippen molar-refractivity contribution in [2.45, 2.75) is 18.9 Å². The van der Waals surface area contributed by atoms with E-state index >= 15 is 0 Å². The maximum absolute atomic E-state index is 10.9. The Balaban J connectivity index is 2.34. The highest BCUT2D eigenvalue weighted by atomic mass is 35.5. The summed E-state index contributed by atoms with van der Waals surface area (Å²) in [5.74, 6) is 0.557. The molecule has 0 spiro atoms. The first-order valence-corrected chi connectivity index (χ1v) is 4.25. The Hall–Kier alpha value is -0.440. The molecule has 3 nitrogen and oxygen atoms in total. The fourth-order valence-electron chi connectivity index (χ4n) is 1.05. The Morgan fingerprint density at radius 1 is 1.82 bits per heavy atom. The number of carbonyl (C=O) groups excluding carboxylic acids is 1. The predicted molar refractivity (Wildman–Crippen MR) is 42.9 cm³/mol. The smallest absolute Gasteiger partial charge is 0.409 e. The summed E-state index contributed by atoms with van der Waals surface area (Å²) >= 11 is 5.51. The Morgan fingerprint density at radius 2 is 2.55 bits per heavy atom. The van der Waals surface area contributed by atoms with Gasteiger partial charge in [0, 0.05) is 25.9 Å². The van der Waals surface area contributed by atoms with E-state index in [0.29, 0.717) is 5.88 Å². The quantitative estimate of drug-likeness (QED) is 0.598. The lowest BCUT2D eigenvalue weighted by molar-refractivity contribution is 0.0320. The Labute approximate surface area is 71.3 Å². The molecule has 0 saturated carbocycles. The molecule has 0 aromatic carbocycles. The second-order valence-electron chi connectivity index (χ2n) is 2.69. The fraction of sp³-hybridized carbons (Fsp3) is 0.857. The van der Waals surface area contributed by atoms with Gasteiger partial charge in [-0.2, -0.15) is 0 Å². The monoisotopic (exact) mass is 177 g/mol. The molecular formula is C7H12ClNO2. The van der Waals surface area contributed by atoms with Crippen molar-refractivity contribution in [3.05, 3.63) is 0 Å². The zero-order chi connectivity index (χ0) is 8.27. The first-order valence-electron chi connectivity index (χ1n) is 3.71. The van der Waals surface area contributed by atoms with Gasteiger partial charge in [-0.3, -0.25) is 0 Å². The van der Waals surface area contributed by atoms with Gasteiger partial charge in [0.2, 0.25) is 0 Å². The third-order valence-corrected chi connectivity index (χ3v) is 2.01. The molecule has 1 rings (SSSR count). The van der Waals surface area contributed by atoms with Crippen LogP contribution in [0.4, 0.5) is 4.79 Å². The molecule has 0 N–H and O–H groups in total. The molecule has 64 valence electrons. The predicted octanol–water partition coefficient (Wildman–Crippen LogP) is 1.46. The number of hydrogen-bond donors (Lipinski definition) is 0. The van der Waals surface area contributed by atoms with Crippen LogP contribution in [-0.4, -0.2) is 36.6 Å². The number of cyclic esters (lactones) is 1. The van der Waals surface area contributed by atoms with Gasteiger partial charge in [0.25, 0.3) is 0 Å². The first-order chi connectivity index (χ1) is 5.24. The highest BCUT2D eigenvalue weighted by Crippen LogP contribution is 2.13. The second kappa shape index (κ2) is 3.81. The summed E-state index contributed by atoms with van der Waals surface area (Å²) < 4.78 is 5.04. The SMILES string of the molecule is CN1CCC(CCCl)OC1=O. The van der Waals surface area contributed by atoms with Crippen molar-refractivity contribution >= 4 is 17.7 Å². The van der Waals surface area contributed by atoms with E-state index in [1.807, 2.05) is 0 Å². The lowest BCUT2D eigenvalue weighted by Crippen LogP contribution is -2.39. The summed E-state index contributed by atoms with van der Waals surface area (Å²) in [6, 6.07) is 0. The van der Waals surface area contributed by atoms with E-state index < -0.39 is 0 Å². The lowest BCUT2D eigenvalue weighted by Gasteiger charge is -2.28. The topological polar surface area (TPSA) is 29.5 Å². The van der Waals surface area contributed by atoms with Crippen LogP contribution in [0.25, 0.3) is 0 Å². The highest BCUT2D eigenvalue weighted by Gasteiger charge is 2.23. The zero-order valence-corrected chi connectivity index (χ0v) is 7.30. The van der Waals surface area contributed by atoms with Crippen molar-refractivity contribution in [3.8, 4) is 0 Å². The number of rotatable bonds is 2. The number of amides is 1. The summed E-state index contributed by atoms with van der Waals surface area (Å²) in [6.07, 6.45) is 1.47. The van der Waals surface area contributed by atoms with Crippen molar-refractivity contribution in [3.63, 3.8) is 0 Å². The molecule has 0 aliphatic carbocycles. The van der Waals surface area contributed by atoms with E-state index in [9.17, 15) is 4.79 Å². The van der Waals surface area contributed by atoms with Gasteiger partial charge in [0.05, 0.1) is 0 Å². The third kappa shape index (κ3) is 2.26. The molecule has 0 aromatic heterocycles. The van der Waals surface area contributed by atoms with Gasteiger partial charge in [-0.15, -0.1) is 11.6 Å². The fourth-order valence-corrected chi connectivity index (χ4v) is 1.29. The maximum atomic E-state index is 10.9. The van der Waals surface area contributed by atoms with Crippen LogP contribution in [0, 0.1) is 0 Å². The van der Waals surface area contributed by atoms with Crippen LogP contribution in [0.1, 0.15) is 12.8 Å². The molecule has 1 heterocycles. The average Bonchev–Trinajstić information content (AvgIpc) is 1.98. The van der Waals surface area contributed by atoms with Crippen LogP contribution >= 0.6 is 11.6 Å². The third-order valence-electron chi connectivity index (χ3n) is 1.80. The normalized spacial score (nSPS) is 25.1. The van der Waals surface area contributed by atoms with E-state index in [4.69, 9.17) is 16.3 Å². The van der Waals surface area contributed by atoms with Gasteiger partial charge >= 0.3 is 6.09 Å². The second-order valence-corrected chi connectivity index (χ2v) is 3.07. The van der Waals surface area contributed by atoms with Crippen LogP contribution in [0.2, 0.25) is 0 Å². The molecule has 1 saturated heterocycles. The Kier molecular flexibility index (Phi) is 3.00. The molecule has 1 aliphatic heterocycles. The van der Waals surface area contributed by atoms with Gasteiger partial charge in [-0.25, -0.2) is 4.79 Å². The molecule has 0 bridgehead atoms. The van der Waals surface area contributed by atoms with Crippen molar-refractivity contribution in [2.24, 2.45) is 0 Å². The number of carbonyl (C=O) groups is 1. The van der Waals surface area contributed by atoms with E-state index in [-0.39, 0.29) is 12.2 Å². The van der Waals surface area contributed by atoms with Gasteiger partial charge in [0.1, 0.15) is 6.10 Å². The number of halogens is 1. The van der Waals surface area contributed by atoms with Gasteiger partial charge in [-0.1, -0.05) is 0 Å². The van der Waals surface area contributed by atoms with Crippen molar-refractivity contribution in [1.29, 1.82) is 0 Å². The molecule has 1 aliphatic rings. The summed E-state index contributed by atoms with van der Waals surface area (Å²) in [5.41, 5.74) is 0. The number of nitrogens with zero attached hydrogens (tertiary/aromatic N) is 1. The van der Waals surface area contributed by atoms with E-state index in [2.05, 4.69) is 0 Å². The molecule has 1 fully saturated rings.